The van der Waals surface area contributed by atoms with E-state index in [4.69, 9.17) is 0 Å². The fourth-order valence-corrected chi connectivity index (χ4v) is 2.95. The summed E-state index contributed by atoms with van der Waals surface area (Å²) in [5, 5.41) is 9.38. The van der Waals surface area contributed by atoms with Crippen LogP contribution in [0.15, 0.2) is 17.3 Å². The number of H-pyrrole nitrogens is 1. The Kier molecular flexibility index (Phi) is 3.27. The molecular weight excluding hydrogens is 228 g/mol. The summed E-state index contributed by atoms with van der Waals surface area (Å²) < 4.78 is 26.4. The Labute approximate surface area is 94.9 Å². The monoisotopic (exact) mass is 244 g/mol. The second kappa shape index (κ2) is 4.52. The van der Waals surface area contributed by atoms with Crippen LogP contribution in [0.2, 0.25) is 0 Å². The number of aromatic nitrogens is 2. The highest BCUT2D eigenvalue weighted by atomic mass is 32.2. The maximum Gasteiger partial charge on any atom is 0.243 e. The lowest BCUT2D eigenvalue weighted by Gasteiger charge is -2.27. The second-order valence-corrected chi connectivity index (χ2v) is 5.85. The highest BCUT2D eigenvalue weighted by molar-refractivity contribution is 7.89. The van der Waals surface area contributed by atoms with Crippen molar-refractivity contribution in [2.75, 3.05) is 6.54 Å². The third kappa shape index (κ3) is 2.60. The van der Waals surface area contributed by atoms with Crippen molar-refractivity contribution in [1.82, 2.24) is 20.2 Å². The summed E-state index contributed by atoms with van der Waals surface area (Å²) >= 11 is 0. The zero-order valence-electron chi connectivity index (χ0n) is 9.10. The van der Waals surface area contributed by atoms with Gasteiger partial charge in [0.1, 0.15) is 4.90 Å². The standard InChI is InChI=1S/C9H16N4O2S/c1-7-2-3-8(4-10-7)13-16(14,15)9-5-11-12-6-9/h5-8,10,13H,2-4H2,1H3,(H,11,12). The van der Waals surface area contributed by atoms with E-state index in [1.165, 1.54) is 12.4 Å². The zero-order valence-corrected chi connectivity index (χ0v) is 9.92. The van der Waals surface area contributed by atoms with Gasteiger partial charge in [-0.3, -0.25) is 5.10 Å². The lowest BCUT2D eigenvalue weighted by molar-refractivity contribution is 0.366. The van der Waals surface area contributed by atoms with Gasteiger partial charge in [0, 0.05) is 24.8 Å². The molecule has 1 aromatic heterocycles. The average molecular weight is 244 g/mol. The van der Waals surface area contributed by atoms with E-state index in [0.29, 0.717) is 12.6 Å². The van der Waals surface area contributed by atoms with Crippen LogP contribution in [0.1, 0.15) is 19.8 Å². The molecule has 0 aromatic carbocycles. The molecule has 1 saturated heterocycles. The number of hydrogen-bond acceptors (Lipinski definition) is 4. The zero-order chi connectivity index (χ0) is 11.6. The van der Waals surface area contributed by atoms with Crippen LogP contribution in [-0.4, -0.2) is 37.2 Å². The van der Waals surface area contributed by atoms with Crippen molar-refractivity contribution in [2.24, 2.45) is 0 Å². The van der Waals surface area contributed by atoms with Gasteiger partial charge in [-0.1, -0.05) is 0 Å². The summed E-state index contributed by atoms with van der Waals surface area (Å²) in [6, 6.07) is 0.436. The molecule has 1 aliphatic rings. The Morgan fingerprint density at radius 2 is 2.31 bits per heavy atom. The van der Waals surface area contributed by atoms with E-state index in [9.17, 15) is 8.42 Å². The summed E-state index contributed by atoms with van der Waals surface area (Å²) in [7, 11) is -3.42. The maximum atomic E-state index is 11.8. The molecule has 3 N–H and O–H groups in total. The molecule has 2 rings (SSSR count). The van der Waals surface area contributed by atoms with Crippen molar-refractivity contribution < 1.29 is 8.42 Å². The molecule has 1 fully saturated rings. The molecule has 90 valence electrons. The molecule has 2 unspecified atom stereocenters. The van der Waals surface area contributed by atoms with Crippen molar-refractivity contribution in [3.63, 3.8) is 0 Å². The summed E-state index contributed by atoms with van der Waals surface area (Å²) in [5.74, 6) is 0. The molecule has 0 bridgehead atoms. The Morgan fingerprint density at radius 3 is 2.88 bits per heavy atom. The first kappa shape index (κ1) is 11.6. The predicted molar refractivity (Wildman–Crippen MR) is 59.4 cm³/mol. The minimum atomic E-state index is -3.42. The van der Waals surface area contributed by atoms with Crippen molar-refractivity contribution >= 4 is 10.0 Å². The number of piperidine rings is 1. The first-order chi connectivity index (χ1) is 7.58. The van der Waals surface area contributed by atoms with Crippen molar-refractivity contribution in [2.45, 2.75) is 36.7 Å². The summed E-state index contributed by atoms with van der Waals surface area (Å²) in [6.07, 6.45) is 4.53. The summed E-state index contributed by atoms with van der Waals surface area (Å²) in [5.41, 5.74) is 0. The van der Waals surface area contributed by atoms with Crippen LogP contribution in [0.4, 0.5) is 0 Å². The maximum absolute atomic E-state index is 11.8. The first-order valence-electron chi connectivity index (χ1n) is 5.32. The number of nitrogens with one attached hydrogen (secondary N) is 3. The predicted octanol–water partition coefficient (Wildman–Crippen LogP) is -0.171. The van der Waals surface area contributed by atoms with E-state index in [2.05, 4.69) is 27.2 Å². The number of sulfonamides is 1. The van der Waals surface area contributed by atoms with Crippen LogP contribution in [0.5, 0.6) is 0 Å². The fourth-order valence-electron chi connectivity index (χ4n) is 1.77. The third-order valence-corrected chi connectivity index (χ3v) is 4.25. The largest absolute Gasteiger partial charge is 0.313 e. The number of rotatable bonds is 3. The van der Waals surface area contributed by atoms with Gasteiger partial charge in [-0.15, -0.1) is 0 Å². The molecule has 0 amide bonds. The molecule has 2 atom stereocenters. The Balaban J connectivity index is 2.00. The van der Waals surface area contributed by atoms with Crippen LogP contribution < -0.4 is 10.0 Å². The van der Waals surface area contributed by atoms with Crippen LogP contribution in [0, 0.1) is 0 Å². The van der Waals surface area contributed by atoms with E-state index in [1.54, 1.807) is 0 Å². The van der Waals surface area contributed by atoms with E-state index in [1.807, 2.05) is 0 Å². The third-order valence-electron chi connectivity index (χ3n) is 2.77. The number of hydrogen-bond donors (Lipinski definition) is 3. The van der Waals surface area contributed by atoms with Gasteiger partial charge in [-0.05, 0) is 19.8 Å². The van der Waals surface area contributed by atoms with Crippen molar-refractivity contribution in [3.8, 4) is 0 Å². The molecule has 16 heavy (non-hydrogen) atoms. The van der Waals surface area contributed by atoms with Gasteiger partial charge in [-0.2, -0.15) is 5.10 Å². The van der Waals surface area contributed by atoms with Crippen LogP contribution >= 0.6 is 0 Å². The van der Waals surface area contributed by atoms with Crippen LogP contribution in [0.3, 0.4) is 0 Å². The van der Waals surface area contributed by atoms with Gasteiger partial charge in [0.05, 0.1) is 6.20 Å². The molecule has 2 heterocycles. The first-order valence-corrected chi connectivity index (χ1v) is 6.81. The molecule has 1 aromatic rings. The molecule has 0 aliphatic carbocycles. The second-order valence-electron chi connectivity index (χ2n) is 4.14. The number of aromatic amines is 1. The average Bonchev–Trinajstić information content (AvgIpc) is 2.75. The molecule has 0 saturated carbocycles. The van der Waals surface area contributed by atoms with Crippen molar-refractivity contribution in [1.29, 1.82) is 0 Å². The van der Waals surface area contributed by atoms with Gasteiger partial charge in [0.2, 0.25) is 10.0 Å². The SMILES string of the molecule is CC1CCC(NS(=O)(=O)c2cn[nH]c2)CN1. The van der Waals surface area contributed by atoms with Crippen molar-refractivity contribution in [3.05, 3.63) is 12.4 Å². The van der Waals surface area contributed by atoms with E-state index in [0.717, 1.165) is 12.8 Å². The van der Waals surface area contributed by atoms with Crippen LogP contribution in [0.25, 0.3) is 0 Å². The van der Waals surface area contributed by atoms with Gasteiger partial charge in [-0.25, -0.2) is 13.1 Å². The van der Waals surface area contributed by atoms with Gasteiger partial charge in [0.15, 0.2) is 0 Å². The molecular formula is C9H16N4O2S. The highest BCUT2D eigenvalue weighted by Gasteiger charge is 2.24. The molecule has 1 aliphatic heterocycles. The Bertz CT molecular complexity index is 420. The summed E-state index contributed by atoms with van der Waals surface area (Å²) in [4.78, 5) is 0.186. The Morgan fingerprint density at radius 1 is 1.50 bits per heavy atom. The van der Waals surface area contributed by atoms with Gasteiger partial charge in [0.25, 0.3) is 0 Å². The van der Waals surface area contributed by atoms with E-state index >= 15 is 0 Å². The van der Waals surface area contributed by atoms with E-state index < -0.39 is 10.0 Å². The molecule has 0 spiro atoms. The fraction of sp³-hybridized carbons (Fsp3) is 0.667. The topological polar surface area (TPSA) is 86.9 Å². The molecule has 7 heteroatoms. The minimum Gasteiger partial charge on any atom is -0.313 e. The summed E-state index contributed by atoms with van der Waals surface area (Å²) in [6.45, 7) is 2.78. The highest BCUT2D eigenvalue weighted by Crippen LogP contribution is 2.11. The van der Waals surface area contributed by atoms with Gasteiger partial charge >= 0.3 is 0 Å². The lowest BCUT2D eigenvalue weighted by Crippen LogP contribution is -2.48. The van der Waals surface area contributed by atoms with Gasteiger partial charge < -0.3 is 5.32 Å². The quantitative estimate of drug-likeness (QED) is 0.689. The number of nitrogens with zero attached hydrogens (tertiary/aromatic N) is 1. The smallest absolute Gasteiger partial charge is 0.243 e. The molecule has 0 radical (unpaired) electrons. The van der Waals surface area contributed by atoms with Crippen LogP contribution in [-0.2, 0) is 10.0 Å². The minimum absolute atomic E-state index is 0.0314. The van der Waals surface area contributed by atoms with E-state index in [-0.39, 0.29) is 10.9 Å². The normalized spacial score (nSPS) is 26.8. The Hall–Kier alpha value is -0.920. The molecule has 6 nitrogen and oxygen atoms in total. The lowest BCUT2D eigenvalue weighted by atomic mass is 10.0.